The number of rotatable bonds is 2. The summed E-state index contributed by atoms with van der Waals surface area (Å²) < 4.78 is 3.37. The maximum absolute atomic E-state index is 3.49. The maximum atomic E-state index is 3.49. The molecule has 1 aromatic heterocycles. The van der Waals surface area contributed by atoms with Crippen molar-refractivity contribution in [3.8, 4) is 22.4 Å². The van der Waals surface area contributed by atoms with Gasteiger partial charge in [-0.15, -0.1) is 0 Å². The van der Waals surface area contributed by atoms with E-state index in [-0.39, 0.29) is 0 Å². The van der Waals surface area contributed by atoms with E-state index >= 15 is 0 Å². The minimum Gasteiger partial charge on any atom is -0.347 e. The molecule has 0 atom stereocenters. The van der Waals surface area contributed by atoms with Gasteiger partial charge in [0.25, 0.3) is 0 Å². The van der Waals surface area contributed by atoms with E-state index in [9.17, 15) is 0 Å². The number of halogens is 1. The van der Waals surface area contributed by atoms with Gasteiger partial charge in [0.2, 0.25) is 0 Å². The minimum atomic E-state index is 1.11. The van der Waals surface area contributed by atoms with Crippen LogP contribution in [0.3, 0.4) is 0 Å². The van der Waals surface area contributed by atoms with Gasteiger partial charge in [0.1, 0.15) is 0 Å². The van der Waals surface area contributed by atoms with Crippen molar-refractivity contribution < 1.29 is 0 Å². The smallest absolute Gasteiger partial charge is 0.0486 e. The Kier molecular flexibility index (Phi) is 3.49. The summed E-state index contributed by atoms with van der Waals surface area (Å²) in [6.07, 6.45) is 0. The van der Waals surface area contributed by atoms with E-state index in [0.717, 1.165) is 4.47 Å². The van der Waals surface area contributed by atoms with E-state index in [1.54, 1.807) is 0 Å². The Morgan fingerprint density at radius 2 is 1.50 bits per heavy atom. The van der Waals surface area contributed by atoms with Crippen LogP contribution in [0.4, 0.5) is 0 Å². The lowest BCUT2D eigenvalue weighted by Gasteiger charge is -2.05. The first-order valence-corrected chi connectivity index (χ1v) is 7.44. The van der Waals surface area contributed by atoms with Crippen LogP contribution in [0.15, 0.2) is 65.1 Å². The second-order valence-corrected chi connectivity index (χ2v) is 5.88. The van der Waals surface area contributed by atoms with E-state index in [2.05, 4.69) is 95.1 Å². The van der Waals surface area contributed by atoms with Gasteiger partial charge in [-0.25, -0.2) is 0 Å². The average molecular weight is 326 g/mol. The fraction of sp³-hybridized carbons (Fsp3) is 0.111. The van der Waals surface area contributed by atoms with Gasteiger partial charge in [0.05, 0.1) is 0 Å². The Balaban J connectivity index is 2.13. The summed E-state index contributed by atoms with van der Waals surface area (Å²) in [6, 6.07) is 21.3. The lowest BCUT2D eigenvalue weighted by molar-refractivity contribution is 0.892. The van der Waals surface area contributed by atoms with Crippen LogP contribution in [0.25, 0.3) is 22.4 Å². The largest absolute Gasteiger partial charge is 0.347 e. The summed E-state index contributed by atoms with van der Waals surface area (Å²) in [4.78, 5) is 0. The molecule has 0 aliphatic carbocycles. The third-order valence-corrected chi connectivity index (χ3v) is 4.29. The van der Waals surface area contributed by atoms with Crippen molar-refractivity contribution in [3.63, 3.8) is 0 Å². The normalized spacial score (nSPS) is 10.8. The second kappa shape index (κ2) is 5.29. The zero-order chi connectivity index (χ0) is 14.1. The molecule has 20 heavy (non-hydrogen) atoms. The Morgan fingerprint density at radius 1 is 0.850 bits per heavy atom. The Bertz CT molecular complexity index is 724. The van der Waals surface area contributed by atoms with E-state index in [1.165, 1.54) is 28.1 Å². The fourth-order valence-corrected chi connectivity index (χ4v) is 2.77. The molecular formula is C18H16BrN. The van der Waals surface area contributed by atoms with Gasteiger partial charge in [-0.1, -0.05) is 58.4 Å². The van der Waals surface area contributed by atoms with Crippen molar-refractivity contribution in [2.75, 3.05) is 0 Å². The Labute approximate surface area is 128 Å². The molecule has 0 aliphatic rings. The molecule has 100 valence electrons. The SMILES string of the molecule is Cc1c(-c2ccc(Br)cc2)cc(-c2ccccc2)n1C. The highest BCUT2D eigenvalue weighted by molar-refractivity contribution is 9.10. The van der Waals surface area contributed by atoms with Crippen molar-refractivity contribution in [2.24, 2.45) is 7.05 Å². The molecule has 0 unspecified atom stereocenters. The predicted molar refractivity (Wildman–Crippen MR) is 88.7 cm³/mol. The predicted octanol–water partition coefficient (Wildman–Crippen LogP) is 5.43. The van der Waals surface area contributed by atoms with Gasteiger partial charge in [-0.05, 0) is 36.2 Å². The van der Waals surface area contributed by atoms with Crippen molar-refractivity contribution in [2.45, 2.75) is 6.92 Å². The quantitative estimate of drug-likeness (QED) is 0.592. The second-order valence-electron chi connectivity index (χ2n) is 4.96. The van der Waals surface area contributed by atoms with E-state index in [0.29, 0.717) is 0 Å². The molecule has 0 fully saturated rings. The zero-order valence-electron chi connectivity index (χ0n) is 11.6. The first kappa shape index (κ1) is 13.2. The molecule has 2 aromatic carbocycles. The van der Waals surface area contributed by atoms with Crippen molar-refractivity contribution >= 4 is 15.9 Å². The number of aromatic nitrogens is 1. The highest BCUT2D eigenvalue weighted by Gasteiger charge is 2.11. The van der Waals surface area contributed by atoms with E-state index < -0.39 is 0 Å². The van der Waals surface area contributed by atoms with Crippen LogP contribution >= 0.6 is 15.9 Å². The van der Waals surface area contributed by atoms with Gasteiger partial charge >= 0.3 is 0 Å². The van der Waals surface area contributed by atoms with Gasteiger partial charge in [-0.3, -0.25) is 0 Å². The number of benzene rings is 2. The van der Waals surface area contributed by atoms with Gasteiger partial charge in [0.15, 0.2) is 0 Å². The maximum Gasteiger partial charge on any atom is 0.0486 e. The van der Waals surface area contributed by atoms with Crippen LogP contribution in [-0.4, -0.2) is 4.57 Å². The monoisotopic (exact) mass is 325 g/mol. The summed E-state index contributed by atoms with van der Waals surface area (Å²) in [5.41, 5.74) is 6.33. The first-order valence-electron chi connectivity index (χ1n) is 6.64. The fourth-order valence-electron chi connectivity index (χ4n) is 2.51. The molecule has 1 nitrogen and oxygen atoms in total. The van der Waals surface area contributed by atoms with Crippen LogP contribution in [0, 0.1) is 6.92 Å². The molecule has 0 spiro atoms. The molecule has 3 rings (SSSR count). The standard InChI is InChI=1S/C18H16BrN/c1-13-17(14-8-10-16(19)11-9-14)12-18(20(13)2)15-6-4-3-5-7-15/h3-12H,1-2H3. The van der Waals surface area contributed by atoms with Crippen LogP contribution in [-0.2, 0) is 7.05 Å². The third kappa shape index (κ3) is 2.32. The van der Waals surface area contributed by atoms with Gasteiger partial charge in [0, 0.05) is 28.5 Å². The summed E-state index contributed by atoms with van der Waals surface area (Å²) in [5, 5.41) is 0. The molecule has 0 amide bonds. The topological polar surface area (TPSA) is 4.93 Å². The molecule has 1 heterocycles. The molecule has 0 radical (unpaired) electrons. The Morgan fingerprint density at radius 3 is 2.15 bits per heavy atom. The highest BCUT2D eigenvalue weighted by atomic mass is 79.9. The first-order chi connectivity index (χ1) is 9.66. The molecule has 0 bridgehead atoms. The Hall–Kier alpha value is -1.80. The van der Waals surface area contributed by atoms with Gasteiger partial charge in [-0.2, -0.15) is 0 Å². The van der Waals surface area contributed by atoms with E-state index in [1.807, 2.05) is 0 Å². The van der Waals surface area contributed by atoms with Crippen molar-refractivity contribution in [1.29, 1.82) is 0 Å². The molecule has 3 aromatic rings. The number of nitrogens with zero attached hydrogens (tertiary/aromatic N) is 1. The molecule has 0 aliphatic heterocycles. The summed E-state index contributed by atoms with van der Waals surface area (Å²) in [6.45, 7) is 2.17. The summed E-state index contributed by atoms with van der Waals surface area (Å²) in [5.74, 6) is 0. The van der Waals surface area contributed by atoms with Gasteiger partial charge < -0.3 is 4.57 Å². The highest BCUT2D eigenvalue weighted by Crippen LogP contribution is 2.32. The van der Waals surface area contributed by atoms with Crippen LogP contribution in [0.1, 0.15) is 5.69 Å². The molecule has 0 saturated carbocycles. The molecule has 0 N–H and O–H groups in total. The molecule has 0 saturated heterocycles. The third-order valence-electron chi connectivity index (χ3n) is 3.76. The summed E-state index contributed by atoms with van der Waals surface area (Å²) in [7, 11) is 2.13. The average Bonchev–Trinajstić information content (AvgIpc) is 2.77. The van der Waals surface area contributed by atoms with Crippen LogP contribution in [0.5, 0.6) is 0 Å². The molecular weight excluding hydrogens is 310 g/mol. The van der Waals surface area contributed by atoms with E-state index in [4.69, 9.17) is 0 Å². The number of hydrogen-bond donors (Lipinski definition) is 0. The molecule has 2 heteroatoms. The zero-order valence-corrected chi connectivity index (χ0v) is 13.2. The van der Waals surface area contributed by atoms with Crippen molar-refractivity contribution in [3.05, 3.63) is 70.8 Å². The lowest BCUT2D eigenvalue weighted by Crippen LogP contribution is -1.93. The minimum absolute atomic E-state index is 1.11. The van der Waals surface area contributed by atoms with Crippen molar-refractivity contribution in [1.82, 2.24) is 4.57 Å². The number of hydrogen-bond acceptors (Lipinski definition) is 0. The van der Waals surface area contributed by atoms with Crippen LogP contribution in [0.2, 0.25) is 0 Å². The van der Waals surface area contributed by atoms with Crippen LogP contribution < -0.4 is 0 Å². The summed E-state index contributed by atoms with van der Waals surface area (Å²) >= 11 is 3.49. The lowest BCUT2D eigenvalue weighted by atomic mass is 10.1.